The number of methoxy groups -OCH3 is 1. The first-order valence-electron chi connectivity index (χ1n) is 6.90. The molecule has 3 aromatic rings. The molecule has 0 unspecified atom stereocenters. The second-order valence-electron chi connectivity index (χ2n) is 4.97. The summed E-state index contributed by atoms with van der Waals surface area (Å²) in [5.74, 6) is -0.749. The highest BCUT2D eigenvalue weighted by molar-refractivity contribution is 9.10. The Labute approximate surface area is 141 Å². The summed E-state index contributed by atoms with van der Waals surface area (Å²) in [5, 5.41) is 0. The summed E-state index contributed by atoms with van der Waals surface area (Å²) in [4.78, 5) is 12.1. The van der Waals surface area contributed by atoms with Crippen LogP contribution in [0.25, 0.3) is 16.8 Å². The van der Waals surface area contributed by atoms with Gasteiger partial charge in [0.25, 0.3) is 0 Å². The summed E-state index contributed by atoms with van der Waals surface area (Å²) < 4.78 is 20.8. The van der Waals surface area contributed by atoms with Gasteiger partial charge in [0.05, 0.1) is 12.7 Å². The zero-order chi connectivity index (χ0) is 16.4. The van der Waals surface area contributed by atoms with Crippen LogP contribution in [-0.2, 0) is 4.74 Å². The first-order chi connectivity index (χ1) is 11.1. The number of hydrogen-bond acceptors (Lipinski definition) is 2. The van der Waals surface area contributed by atoms with Crippen molar-refractivity contribution in [3.63, 3.8) is 0 Å². The fourth-order valence-electron chi connectivity index (χ4n) is 2.35. The molecule has 23 heavy (non-hydrogen) atoms. The Hall–Kier alpha value is -2.40. The Morgan fingerprint density at radius 2 is 1.70 bits per heavy atom. The van der Waals surface area contributed by atoms with Crippen LogP contribution in [0.1, 0.15) is 10.4 Å². The molecule has 0 fully saturated rings. The van der Waals surface area contributed by atoms with Crippen LogP contribution < -0.4 is 0 Å². The van der Waals surface area contributed by atoms with E-state index in [1.165, 1.54) is 19.2 Å². The lowest BCUT2D eigenvalue weighted by Crippen LogP contribution is -2.01. The predicted octanol–water partition coefficient (Wildman–Crippen LogP) is 4.83. The molecular formula is C18H13BrFNO2. The van der Waals surface area contributed by atoms with Gasteiger partial charge in [-0.15, -0.1) is 0 Å². The quantitative estimate of drug-likeness (QED) is 0.615. The molecule has 116 valence electrons. The molecule has 0 N–H and O–H groups in total. The number of ether oxygens (including phenoxy) is 1. The standard InChI is InChI=1S/C18H13BrFNO2/c1-23-18(22)17-11-21(15-8-4-13(19)5-9-15)10-16(17)12-2-6-14(20)7-3-12/h2-11H,1H3. The van der Waals surface area contributed by atoms with Gasteiger partial charge in [0.2, 0.25) is 0 Å². The third-order valence-corrected chi connectivity index (χ3v) is 4.04. The van der Waals surface area contributed by atoms with E-state index in [9.17, 15) is 9.18 Å². The zero-order valence-corrected chi connectivity index (χ0v) is 13.9. The lowest BCUT2D eigenvalue weighted by atomic mass is 10.1. The van der Waals surface area contributed by atoms with Gasteiger partial charge < -0.3 is 9.30 Å². The van der Waals surface area contributed by atoms with Gasteiger partial charge in [-0.1, -0.05) is 28.1 Å². The van der Waals surface area contributed by atoms with E-state index in [1.807, 2.05) is 35.0 Å². The molecular weight excluding hydrogens is 361 g/mol. The number of esters is 1. The molecule has 0 saturated carbocycles. The van der Waals surface area contributed by atoms with Gasteiger partial charge in [0.1, 0.15) is 5.82 Å². The average Bonchev–Trinajstić information content (AvgIpc) is 3.00. The van der Waals surface area contributed by atoms with Crippen molar-refractivity contribution in [2.75, 3.05) is 7.11 Å². The zero-order valence-electron chi connectivity index (χ0n) is 12.3. The van der Waals surface area contributed by atoms with E-state index < -0.39 is 5.97 Å². The summed E-state index contributed by atoms with van der Waals surface area (Å²) in [6.07, 6.45) is 3.55. The number of rotatable bonds is 3. The molecule has 3 nitrogen and oxygen atoms in total. The van der Waals surface area contributed by atoms with E-state index in [-0.39, 0.29) is 5.82 Å². The molecule has 0 saturated heterocycles. The topological polar surface area (TPSA) is 31.2 Å². The second kappa shape index (κ2) is 6.38. The van der Waals surface area contributed by atoms with Crippen LogP contribution in [-0.4, -0.2) is 17.6 Å². The lowest BCUT2D eigenvalue weighted by molar-refractivity contribution is 0.0601. The molecule has 3 rings (SSSR count). The van der Waals surface area contributed by atoms with E-state index in [4.69, 9.17) is 4.74 Å². The number of carbonyl (C=O) groups is 1. The van der Waals surface area contributed by atoms with E-state index >= 15 is 0 Å². The van der Waals surface area contributed by atoms with Gasteiger partial charge in [-0.05, 0) is 42.0 Å². The van der Waals surface area contributed by atoms with E-state index in [0.717, 1.165) is 15.7 Å². The van der Waals surface area contributed by atoms with E-state index in [1.54, 1.807) is 18.3 Å². The van der Waals surface area contributed by atoms with Crippen LogP contribution in [0.3, 0.4) is 0 Å². The second-order valence-corrected chi connectivity index (χ2v) is 5.88. The lowest BCUT2D eigenvalue weighted by Gasteiger charge is -2.02. The SMILES string of the molecule is COC(=O)c1cn(-c2ccc(Br)cc2)cc1-c1ccc(F)cc1. The third-order valence-electron chi connectivity index (χ3n) is 3.51. The van der Waals surface area contributed by atoms with Crippen LogP contribution in [0.2, 0.25) is 0 Å². The first-order valence-corrected chi connectivity index (χ1v) is 7.70. The van der Waals surface area contributed by atoms with Crippen LogP contribution in [0.5, 0.6) is 0 Å². The van der Waals surface area contributed by atoms with Crippen molar-refractivity contribution in [1.29, 1.82) is 0 Å². The molecule has 0 aliphatic carbocycles. The fraction of sp³-hybridized carbons (Fsp3) is 0.0556. The summed E-state index contributed by atoms with van der Waals surface area (Å²) >= 11 is 3.40. The van der Waals surface area contributed by atoms with Crippen LogP contribution in [0.4, 0.5) is 4.39 Å². The Morgan fingerprint density at radius 3 is 2.30 bits per heavy atom. The van der Waals surface area contributed by atoms with Gasteiger partial charge in [-0.2, -0.15) is 0 Å². The number of nitrogens with zero attached hydrogens (tertiary/aromatic N) is 1. The fourth-order valence-corrected chi connectivity index (χ4v) is 2.61. The highest BCUT2D eigenvalue weighted by atomic mass is 79.9. The molecule has 0 aliphatic rings. The smallest absolute Gasteiger partial charge is 0.340 e. The van der Waals surface area contributed by atoms with Gasteiger partial charge in [0.15, 0.2) is 0 Å². The van der Waals surface area contributed by atoms with Crippen molar-refractivity contribution >= 4 is 21.9 Å². The summed E-state index contributed by atoms with van der Waals surface area (Å²) in [5.41, 5.74) is 2.79. The van der Waals surface area contributed by atoms with Crippen molar-refractivity contribution in [2.45, 2.75) is 0 Å². The van der Waals surface area contributed by atoms with Crippen molar-refractivity contribution in [1.82, 2.24) is 4.57 Å². The first kappa shape index (κ1) is 15.5. The molecule has 1 aromatic heterocycles. The van der Waals surface area contributed by atoms with Gasteiger partial charge in [-0.25, -0.2) is 9.18 Å². The molecule has 0 radical (unpaired) electrons. The van der Waals surface area contributed by atoms with Gasteiger partial charge in [-0.3, -0.25) is 0 Å². The minimum Gasteiger partial charge on any atom is -0.465 e. The maximum atomic E-state index is 13.1. The minimum atomic E-state index is -0.430. The van der Waals surface area contributed by atoms with Crippen LogP contribution in [0, 0.1) is 5.82 Å². The van der Waals surface area contributed by atoms with Crippen molar-refractivity contribution in [2.24, 2.45) is 0 Å². The van der Waals surface area contributed by atoms with E-state index in [2.05, 4.69) is 15.9 Å². The summed E-state index contributed by atoms with van der Waals surface area (Å²) in [6, 6.07) is 13.7. The predicted molar refractivity (Wildman–Crippen MR) is 90.2 cm³/mol. The summed E-state index contributed by atoms with van der Waals surface area (Å²) in [7, 11) is 1.34. The Balaban J connectivity index is 2.12. The number of carbonyl (C=O) groups excluding carboxylic acids is 1. The molecule has 0 amide bonds. The third kappa shape index (κ3) is 3.19. The largest absolute Gasteiger partial charge is 0.465 e. The Bertz CT molecular complexity index is 838. The summed E-state index contributed by atoms with van der Waals surface area (Å²) in [6.45, 7) is 0. The monoisotopic (exact) mass is 373 g/mol. The molecule has 0 aliphatic heterocycles. The molecule has 5 heteroatoms. The molecule has 0 atom stereocenters. The average molecular weight is 374 g/mol. The molecule has 2 aromatic carbocycles. The Kier molecular flexibility index (Phi) is 4.30. The number of benzene rings is 2. The normalized spacial score (nSPS) is 10.6. The minimum absolute atomic E-state index is 0.319. The van der Waals surface area contributed by atoms with Crippen LogP contribution >= 0.6 is 15.9 Å². The van der Waals surface area contributed by atoms with Crippen molar-refractivity contribution < 1.29 is 13.9 Å². The maximum Gasteiger partial charge on any atom is 0.340 e. The maximum absolute atomic E-state index is 13.1. The number of aromatic nitrogens is 1. The van der Waals surface area contributed by atoms with Gasteiger partial charge >= 0.3 is 5.97 Å². The molecule has 0 bridgehead atoms. The number of halogens is 2. The van der Waals surface area contributed by atoms with Crippen molar-refractivity contribution in [3.8, 4) is 16.8 Å². The highest BCUT2D eigenvalue weighted by Gasteiger charge is 2.17. The molecule has 1 heterocycles. The number of hydrogen-bond donors (Lipinski definition) is 0. The van der Waals surface area contributed by atoms with Gasteiger partial charge in [0, 0.05) is 28.1 Å². The highest BCUT2D eigenvalue weighted by Crippen LogP contribution is 2.28. The molecule has 0 spiro atoms. The van der Waals surface area contributed by atoms with Crippen molar-refractivity contribution in [3.05, 3.63) is 76.8 Å². The van der Waals surface area contributed by atoms with Crippen LogP contribution in [0.15, 0.2) is 65.4 Å². The van der Waals surface area contributed by atoms with E-state index in [0.29, 0.717) is 11.1 Å². The Morgan fingerprint density at radius 1 is 1.04 bits per heavy atom.